The lowest BCUT2D eigenvalue weighted by Gasteiger charge is -2.41. The maximum Gasteiger partial charge on any atom is 0.191 e. The summed E-state index contributed by atoms with van der Waals surface area (Å²) in [7, 11) is 1.82. The summed E-state index contributed by atoms with van der Waals surface area (Å²) in [6.07, 6.45) is 3.99. The molecule has 0 saturated carbocycles. The molecule has 0 aromatic carbocycles. The molecule has 1 unspecified atom stereocenters. The van der Waals surface area contributed by atoms with E-state index >= 15 is 0 Å². The fourth-order valence-corrected chi connectivity index (χ4v) is 3.68. The summed E-state index contributed by atoms with van der Waals surface area (Å²) >= 11 is 0. The zero-order valence-corrected chi connectivity index (χ0v) is 19.5. The van der Waals surface area contributed by atoms with E-state index in [9.17, 15) is 0 Å². The highest BCUT2D eigenvalue weighted by Gasteiger charge is 2.28. The maximum atomic E-state index is 5.28. The van der Waals surface area contributed by atoms with Gasteiger partial charge < -0.3 is 15.2 Å². The Kier molecular flexibility index (Phi) is 9.36. The fourth-order valence-electron chi connectivity index (χ4n) is 3.68. The maximum absolute atomic E-state index is 5.28. The minimum absolute atomic E-state index is 0. The molecule has 1 atom stereocenters. The van der Waals surface area contributed by atoms with E-state index in [4.69, 9.17) is 4.52 Å². The van der Waals surface area contributed by atoms with Crippen molar-refractivity contribution in [3.05, 3.63) is 17.0 Å². The number of nitrogens with one attached hydrogen (secondary N) is 2. The Balaban J connectivity index is 0.00000338. The first-order chi connectivity index (χ1) is 11.8. The van der Waals surface area contributed by atoms with Crippen LogP contribution in [0.5, 0.6) is 0 Å². The van der Waals surface area contributed by atoms with Crippen LogP contribution in [0.4, 0.5) is 0 Å². The largest absolute Gasteiger partial charge is 0.361 e. The number of aliphatic imine (C=N–C) groups is 1. The van der Waals surface area contributed by atoms with Gasteiger partial charge in [0.25, 0.3) is 0 Å². The third-order valence-corrected chi connectivity index (χ3v) is 5.28. The first-order valence-electron chi connectivity index (χ1n) is 9.47. The molecule has 1 aromatic heterocycles. The van der Waals surface area contributed by atoms with Crippen molar-refractivity contribution in [2.75, 3.05) is 33.2 Å². The van der Waals surface area contributed by atoms with E-state index < -0.39 is 0 Å². The second kappa shape index (κ2) is 10.5. The highest BCUT2D eigenvalue weighted by Crippen LogP contribution is 2.22. The Morgan fingerprint density at radius 2 is 1.88 bits per heavy atom. The molecular weight excluding hydrogens is 441 g/mol. The highest BCUT2D eigenvalue weighted by molar-refractivity contribution is 14.0. The van der Waals surface area contributed by atoms with Gasteiger partial charge in [0.15, 0.2) is 5.96 Å². The fraction of sp³-hybridized carbons (Fsp3) is 0.789. The summed E-state index contributed by atoms with van der Waals surface area (Å²) in [6.45, 7) is 14.9. The number of hydrogen-bond donors (Lipinski definition) is 2. The average Bonchev–Trinajstić information content (AvgIpc) is 2.94. The van der Waals surface area contributed by atoms with Gasteiger partial charge in [-0.1, -0.05) is 18.5 Å². The van der Waals surface area contributed by atoms with Crippen molar-refractivity contribution in [2.45, 2.75) is 65.3 Å². The van der Waals surface area contributed by atoms with Crippen molar-refractivity contribution in [1.29, 1.82) is 0 Å². The Hall–Kier alpha value is -0.830. The molecule has 150 valence electrons. The molecule has 6 nitrogen and oxygen atoms in total. The van der Waals surface area contributed by atoms with Crippen LogP contribution in [0.25, 0.3) is 0 Å². The molecule has 2 rings (SSSR count). The SMILES string of the molecule is CN=C(NCC(C)c1c(C)noc1C)NCC(C)(C)N1CCCCC1.I. The Morgan fingerprint density at radius 3 is 2.42 bits per heavy atom. The Labute approximate surface area is 175 Å². The quantitative estimate of drug-likeness (QED) is 0.374. The van der Waals surface area contributed by atoms with E-state index in [2.05, 4.69) is 46.5 Å². The van der Waals surface area contributed by atoms with E-state index in [-0.39, 0.29) is 29.5 Å². The van der Waals surface area contributed by atoms with Crippen molar-refractivity contribution in [1.82, 2.24) is 20.7 Å². The lowest BCUT2D eigenvalue weighted by Crippen LogP contribution is -2.55. The molecule has 1 aliphatic heterocycles. The van der Waals surface area contributed by atoms with Crippen LogP contribution in [0.1, 0.15) is 63.0 Å². The molecule has 2 N–H and O–H groups in total. The van der Waals surface area contributed by atoms with E-state index in [0.29, 0.717) is 5.92 Å². The summed E-state index contributed by atoms with van der Waals surface area (Å²) in [4.78, 5) is 6.96. The van der Waals surface area contributed by atoms with Gasteiger partial charge >= 0.3 is 0 Å². The molecule has 1 saturated heterocycles. The molecule has 1 aliphatic rings. The van der Waals surface area contributed by atoms with Crippen LogP contribution in [0.15, 0.2) is 9.52 Å². The van der Waals surface area contributed by atoms with Crippen LogP contribution in [0.2, 0.25) is 0 Å². The first-order valence-corrected chi connectivity index (χ1v) is 9.47. The minimum atomic E-state index is 0. The van der Waals surface area contributed by atoms with Gasteiger partial charge in [0, 0.05) is 37.2 Å². The number of aryl methyl sites for hydroxylation is 2. The van der Waals surface area contributed by atoms with Crippen molar-refractivity contribution in [3.63, 3.8) is 0 Å². The van der Waals surface area contributed by atoms with E-state index in [1.165, 1.54) is 37.9 Å². The molecule has 0 bridgehead atoms. The predicted molar refractivity (Wildman–Crippen MR) is 119 cm³/mol. The van der Waals surface area contributed by atoms with Gasteiger partial charge in [-0.05, 0) is 53.6 Å². The summed E-state index contributed by atoms with van der Waals surface area (Å²) in [6, 6.07) is 0. The highest BCUT2D eigenvalue weighted by atomic mass is 127. The Bertz CT molecular complexity index is 559. The van der Waals surface area contributed by atoms with Gasteiger partial charge in [-0.3, -0.25) is 9.89 Å². The number of guanidine groups is 1. The van der Waals surface area contributed by atoms with Gasteiger partial charge in [-0.15, -0.1) is 24.0 Å². The van der Waals surface area contributed by atoms with Crippen LogP contribution < -0.4 is 10.6 Å². The minimum Gasteiger partial charge on any atom is -0.361 e. The van der Waals surface area contributed by atoms with Crippen molar-refractivity contribution >= 4 is 29.9 Å². The normalized spacial score (nSPS) is 17.5. The van der Waals surface area contributed by atoms with E-state index in [0.717, 1.165) is 30.5 Å². The van der Waals surface area contributed by atoms with Crippen molar-refractivity contribution in [2.24, 2.45) is 4.99 Å². The van der Waals surface area contributed by atoms with E-state index in [1.807, 2.05) is 20.9 Å². The third-order valence-electron chi connectivity index (χ3n) is 5.28. The summed E-state index contributed by atoms with van der Waals surface area (Å²) in [5.41, 5.74) is 2.29. The lowest BCUT2D eigenvalue weighted by molar-refractivity contribution is 0.0982. The topological polar surface area (TPSA) is 65.7 Å². The average molecular weight is 477 g/mol. The number of likely N-dealkylation sites (tertiary alicyclic amines) is 1. The van der Waals surface area contributed by atoms with E-state index in [1.54, 1.807) is 0 Å². The predicted octanol–water partition coefficient (Wildman–Crippen LogP) is 3.44. The van der Waals surface area contributed by atoms with Gasteiger partial charge in [0.05, 0.1) is 5.69 Å². The molecule has 2 heterocycles. The lowest BCUT2D eigenvalue weighted by atomic mass is 9.98. The molecule has 0 radical (unpaired) electrons. The second-order valence-corrected chi connectivity index (χ2v) is 7.81. The number of hydrogen-bond acceptors (Lipinski definition) is 4. The number of aromatic nitrogens is 1. The third kappa shape index (κ3) is 6.11. The second-order valence-electron chi connectivity index (χ2n) is 7.81. The van der Waals surface area contributed by atoms with Crippen LogP contribution >= 0.6 is 24.0 Å². The number of nitrogens with zero attached hydrogens (tertiary/aromatic N) is 3. The zero-order chi connectivity index (χ0) is 18.4. The van der Waals surface area contributed by atoms with Gasteiger partial charge in [0.1, 0.15) is 5.76 Å². The number of halogens is 1. The first kappa shape index (κ1) is 23.2. The van der Waals surface area contributed by atoms with Crippen LogP contribution in [-0.2, 0) is 0 Å². The number of piperidine rings is 1. The summed E-state index contributed by atoms with van der Waals surface area (Å²) in [5.74, 6) is 2.07. The van der Waals surface area contributed by atoms with Gasteiger partial charge in [0.2, 0.25) is 0 Å². The summed E-state index contributed by atoms with van der Waals surface area (Å²) in [5, 5.41) is 11.0. The van der Waals surface area contributed by atoms with Crippen LogP contribution in [0, 0.1) is 13.8 Å². The Morgan fingerprint density at radius 1 is 1.23 bits per heavy atom. The van der Waals surface area contributed by atoms with Gasteiger partial charge in [-0.25, -0.2) is 0 Å². The molecule has 7 heteroatoms. The van der Waals surface area contributed by atoms with Crippen LogP contribution in [-0.4, -0.2) is 54.8 Å². The zero-order valence-electron chi connectivity index (χ0n) is 17.2. The monoisotopic (exact) mass is 477 g/mol. The number of rotatable bonds is 6. The standard InChI is InChI=1S/C19H35N5O.HI/c1-14(17-15(2)23-25-16(17)3)12-21-18(20-6)22-13-19(4,5)24-10-8-7-9-11-24;/h14H,7-13H2,1-6H3,(H2,20,21,22);1H. The van der Waals surface area contributed by atoms with Crippen molar-refractivity contribution in [3.8, 4) is 0 Å². The van der Waals surface area contributed by atoms with Crippen LogP contribution in [0.3, 0.4) is 0 Å². The molecule has 1 aromatic rings. The smallest absolute Gasteiger partial charge is 0.191 e. The molecule has 0 aliphatic carbocycles. The molecule has 0 amide bonds. The molecule has 0 spiro atoms. The summed E-state index contributed by atoms with van der Waals surface area (Å²) < 4.78 is 5.28. The van der Waals surface area contributed by atoms with Crippen molar-refractivity contribution < 1.29 is 4.52 Å². The molecule has 1 fully saturated rings. The van der Waals surface area contributed by atoms with Gasteiger partial charge in [-0.2, -0.15) is 0 Å². The molecular formula is C19H36IN5O. The molecule has 26 heavy (non-hydrogen) atoms.